The van der Waals surface area contributed by atoms with E-state index in [0.29, 0.717) is 5.82 Å². The molecule has 0 bridgehead atoms. The van der Waals surface area contributed by atoms with Crippen LogP contribution in [0.1, 0.15) is 5.69 Å². The molecule has 0 fully saturated rings. The summed E-state index contributed by atoms with van der Waals surface area (Å²) in [5.41, 5.74) is 0.856. The third-order valence-electron chi connectivity index (χ3n) is 1.76. The molecular formula is C9H10N4O. The Balaban J connectivity index is 2.41. The summed E-state index contributed by atoms with van der Waals surface area (Å²) in [7, 11) is 1.61. The summed E-state index contributed by atoms with van der Waals surface area (Å²) in [5.74, 6) is 1.39. The number of aromatic nitrogens is 4. The third-order valence-corrected chi connectivity index (χ3v) is 1.76. The van der Waals surface area contributed by atoms with E-state index >= 15 is 0 Å². The van der Waals surface area contributed by atoms with E-state index in [2.05, 4.69) is 15.2 Å². The van der Waals surface area contributed by atoms with Gasteiger partial charge >= 0.3 is 0 Å². The average Bonchev–Trinajstić information content (AvgIpc) is 2.65. The lowest BCUT2D eigenvalue weighted by molar-refractivity contribution is 0.413. The van der Waals surface area contributed by atoms with Gasteiger partial charge in [0.25, 0.3) is 0 Å². The van der Waals surface area contributed by atoms with Gasteiger partial charge in [-0.1, -0.05) is 0 Å². The molecule has 0 aromatic carbocycles. The van der Waals surface area contributed by atoms with Crippen LogP contribution in [0.4, 0.5) is 0 Å². The first-order chi connectivity index (χ1) is 6.79. The van der Waals surface area contributed by atoms with E-state index in [1.54, 1.807) is 31.6 Å². The van der Waals surface area contributed by atoms with Gasteiger partial charge in [-0.3, -0.25) is 0 Å². The highest BCUT2D eigenvalue weighted by Gasteiger charge is 2.02. The van der Waals surface area contributed by atoms with E-state index in [1.807, 2.05) is 6.92 Å². The minimum atomic E-state index is 0.650. The van der Waals surface area contributed by atoms with E-state index in [4.69, 9.17) is 4.74 Å². The Morgan fingerprint density at radius 1 is 1.43 bits per heavy atom. The molecule has 0 saturated heterocycles. The maximum atomic E-state index is 5.07. The van der Waals surface area contributed by atoms with Crippen LogP contribution in [-0.2, 0) is 0 Å². The summed E-state index contributed by atoms with van der Waals surface area (Å²) in [5, 5.41) is 8.19. The third kappa shape index (κ3) is 1.56. The molecule has 0 radical (unpaired) electrons. The molecule has 5 nitrogen and oxygen atoms in total. The molecular weight excluding hydrogens is 180 g/mol. The lowest BCUT2D eigenvalue weighted by Crippen LogP contribution is -2.01. The molecule has 2 aromatic rings. The molecule has 2 rings (SSSR count). The van der Waals surface area contributed by atoms with Crippen LogP contribution in [0.15, 0.2) is 24.5 Å². The smallest absolute Gasteiger partial charge is 0.177 e. The maximum absolute atomic E-state index is 5.07. The molecule has 0 unspecified atom stereocenters. The van der Waals surface area contributed by atoms with E-state index in [1.165, 1.54) is 4.80 Å². The quantitative estimate of drug-likeness (QED) is 0.708. The Hall–Kier alpha value is -1.91. The van der Waals surface area contributed by atoms with Crippen LogP contribution in [0.2, 0.25) is 0 Å². The number of hydrogen-bond donors (Lipinski definition) is 0. The van der Waals surface area contributed by atoms with Crippen molar-refractivity contribution in [3.8, 4) is 11.6 Å². The van der Waals surface area contributed by atoms with Crippen LogP contribution in [0.5, 0.6) is 5.75 Å². The number of hydrogen-bond acceptors (Lipinski definition) is 4. The molecule has 0 N–H and O–H groups in total. The van der Waals surface area contributed by atoms with Gasteiger partial charge in [0.15, 0.2) is 5.82 Å². The molecule has 0 aliphatic rings. The monoisotopic (exact) mass is 190 g/mol. The molecule has 5 heteroatoms. The molecule has 0 aliphatic carbocycles. The fourth-order valence-electron chi connectivity index (χ4n) is 1.09. The van der Waals surface area contributed by atoms with Crippen LogP contribution in [-0.4, -0.2) is 27.1 Å². The van der Waals surface area contributed by atoms with Crippen molar-refractivity contribution in [1.29, 1.82) is 0 Å². The summed E-state index contributed by atoms with van der Waals surface area (Å²) in [6.45, 7) is 1.88. The van der Waals surface area contributed by atoms with Gasteiger partial charge in [0.05, 0.1) is 19.0 Å². The molecule has 0 amide bonds. The fourth-order valence-corrected chi connectivity index (χ4v) is 1.09. The van der Waals surface area contributed by atoms with Crippen LogP contribution >= 0.6 is 0 Å². The zero-order valence-corrected chi connectivity index (χ0v) is 8.01. The minimum Gasteiger partial charge on any atom is -0.497 e. The van der Waals surface area contributed by atoms with Crippen molar-refractivity contribution in [2.24, 2.45) is 0 Å². The first-order valence-corrected chi connectivity index (χ1v) is 4.19. The van der Waals surface area contributed by atoms with Crippen molar-refractivity contribution in [3.05, 3.63) is 30.2 Å². The standard InChI is InChI=1S/C9H10N4O/c1-7-6-11-13(12-7)9-5-8(14-2)3-4-10-9/h3-6H,1-2H3. The molecule has 14 heavy (non-hydrogen) atoms. The van der Waals surface area contributed by atoms with Crippen molar-refractivity contribution >= 4 is 0 Å². The minimum absolute atomic E-state index is 0.650. The normalized spacial score (nSPS) is 10.1. The SMILES string of the molecule is COc1ccnc(-n2ncc(C)n2)c1. The van der Waals surface area contributed by atoms with Gasteiger partial charge in [-0.15, -0.1) is 4.80 Å². The number of pyridine rings is 1. The van der Waals surface area contributed by atoms with Crippen LogP contribution in [0.3, 0.4) is 0 Å². The summed E-state index contributed by atoms with van der Waals surface area (Å²) in [4.78, 5) is 5.60. The number of nitrogens with zero attached hydrogens (tertiary/aromatic N) is 4. The summed E-state index contributed by atoms with van der Waals surface area (Å²) in [6, 6.07) is 3.55. The van der Waals surface area contributed by atoms with Crippen molar-refractivity contribution in [3.63, 3.8) is 0 Å². The van der Waals surface area contributed by atoms with Gasteiger partial charge in [-0.25, -0.2) is 4.98 Å². The Bertz CT molecular complexity index is 438. The van der Waals surface area contributed by atoms with E-state index in [9.17, 15) is 0 Å². The Labute approximate surface area is 81.3 Å². The zero-order valence-electron chi connectivity index (χ0n) is 8.01. The molecule has 0 atom stereocenters. The van der Waals surface area contributed by atoms with Gasteiger partial charge in [-0.2, -0.15) is 10.2 Å². The van der Waals surface area contributed by atoms with Gasteiger partial charge in [0.2, 0.25) is 0 Å². The number of ether oxygens (including phenoxy) is 1. The van der Waals surface area contributed by atoms with E-state index in [-0.39, 0.29) is 0 Å². The molecule has 0 spiro atoms. The van der Waals surface area contributed by atoms with Crippen molar-refractivity contribution < 1.29 is 4.74 Å². The topological polar surface area (TPSA) is 52.8 Å². The van der Waals surface area contributed by atoms with Gasteiger partial charge in [0.1, 0.15) is 5.75 Å². The van der Waals surface area contributed by atoms with Crippen LogP contribution in [0, 0.1) is 6.92 Å². The number of rotatable bonds is 2. The number of methoxy groups -OCH3 is 1. The predicted octanol–water partition coefficient (Wildman–Crippen LogP) is 0.979. The molecule has 2 heterocycles. The Morgan fingerprint density at radius 2 is 2.29 bits per heavy atom. The highest BCUT2D eigenvalue weighted by molar-refractivity contribution is 5.30. The fraction of sp³-hybridized carbons (Fsp3) is 0.222. The largest absolute Gasteiger partial charge is 0.497 e. The number of aryl methyl sites for hydroxylation is 1. The Kier molecular flexibility index (Phi) is 2.14. The van der Waals surface area contributed by atoms with Gasteiger partial charge in [-0.05, 0) is 13.0 Å². The molecule has 0 saturated carbocycles. The highest BCUT2D eigenvalue weighted by Crippen LogP contribution is 2.11. The van der Waals surface area contributed by atoms with Crippen LogP contribution < -0.4 is 4.74 Å². The lowest BCUT2D eigenvalue weighted by Gasteiger charge is -2.01. The average molecular weight is 190 g/mol. The van der Waals surface area contributed by atoms with Crippen LogP contribution in [0.25, 0.3) is 5.82 Å². The van der Waals surface area contributed by atoms with Crippen molar-refractivity contribution in [2.75, 3.05) is 7.11 Å². The van der Waals surface area contributed by atoms with Crippen molar-refractivity contribution in [1.82, 2.24) is 20.0 Å². The first kappa shape index (κ1) is 8.68. The maximum Gasteiger partial charge on any atom is 0.177 e. The molecule has 2 aromatic heterocycles. The van der Waals surface area contributed by atoms with E-state index < -0.39 is 0 Å². The predicted molar refractivity (Wildman–Crippen MR) is 50.4 cm³/mol. The summed E-state index contributed by atoms with van der Waals surface area (Å²) in [6.07, 6.45) is 3.34. The van der Waals surface area contributed by atoms with Crippen molar-refractivity contribution in [2.45, 2.75) is 6.92 Å². The second kappa shape index (κ2) is 3.45. The summed E-state index contributed by atoms with van der Waals surface area (Å²) < 4.78 is 5.07. The molecule has 0 aliphatic heterocycles. The van der Waals surface area contributed by atoms with E-state index in [0.717, 1.165) is 11.4 Å². The first-order valence-electron chi connectivity index (χ1n) is 4.19. The van der Waals surface area contributed by atoms with Gasteiger partial charge in [0, 0.05) is 12.3 Å². The lowest BCUT2D eigenvalue weighted by atomic mass is 10.4. The zero-order chi connectivity index (χ0) is 9.97. The van der Waals surface area contributed by atoms with Gasteiger partial charge < -0.3 is 4.74 Å². The molecule has 72 valence electrons. The second-order valence-electron chi connectivity index (χ2n) is 2.83. The second-order valence-corrected chi connectivity index (χ2v) is 2.83. The Morgan fingerprint density at radius 3 is 2.93 bits per heavy atom. The summed E-state index contributed by atoms with van der Waals surface area (Å²) >= 11 is 0. The highest BCUT2D eigenvalue weighted by atomic mass is 16.5.